The first-order valence-electron chi connectivity index (χ1n) is 1.77. The molecule has 0 bridgehead atoms. The van der Waals surface area contributed by atoms with E-state index in [9.17, 15) is 13.2 Å². The third-order valence-corrected chi connectivity index (χ3v) is 1.31. The van der Waals surface area contributed by atoms with Crippen LogP contribution in [0.2, 0.25) is 4.71 Å². The second-order valence-electron chi connectivity index (χ2n) is 1.33. The molecule has 1 unspecified atom stereocenters. The number of hydrogen-bond donors (Lipinski definition) is 0. The Labute approximate surface area is 48.6 Å². The Kier molecular flexibility index (Phi) is 2.18. The summed E-state index contributed by atoms with van der Waals surface area (Å²) in [5, 5.41) is 0. The van der Waals surface area contributed by atoms with Crippen LogP contribution in [0.5, 0.6) is 0 Å². The summed E-state index contributed by atoms with van der Waals surface area (Å²) in [5.41, 5.74) is 0. The molecule has 0 aromatic rings. The first kappa shape index (κ1) is 7.35. The Balaban J connectivity index is 3.54. The Hall–Kier alpha value is 0.348. The van der Waals surface area contributed by atoms with Gasteiger partial charge in [-0.1, -0.05) is 0 Å². The molecule has 0 heterocycles. The van der Waals surface area contributed by atoms with Crippen molar-refractivity contribution in [3.05, 3.63) is 0 Å². The summed E-state index contributed by atoms with van der Waals surface area (Å²) >= 11 is 0.710. The molecule has 4 heteroatoms. The van der Waals surface area contributed by atoms with E-state index >= 15 is 0 Å². The van der Waals surface area contributed by atoms with Gasteiger partial charge in [0, 0.05) is 0 Å². The summed E-state index contributed by atoms with van der Waals surface area (Å²) in [7, 11) is 0. The van der Waals surface area contributed by atoms with Crippen molar-refractivity contribution in [3.8, 4) is 0 Å². The van der Waals surface area contributed by atoms with E-state index in [1.807, 2.05) is 0 Å². The second kappa shape index (κ2) is 2.08. The molecule has 0 saturated heterocycles. The van der Waals surface area contributed by atoms with Gasteiger partial charge in [0.1, 0.15) is 0 Å². The van der Waals surface area contributed by atoms with Crippen LogP contribution in [-0.2, 0) is 0 Å². The van der Waals surface area contributed by atoms with Crippen LogP contribution >= 0.6 is 0 Å². The molecule has 0 aliphatic rings. The summed E-state index contributed by atoms with van der Waals surface area (Å²) in [6.45, 7) is 1.15. The molecule has 0 N–H and O–H groups in total. The van der Waals surface area contributed by atoms with Crippen LogP contribution in [-0.4, -0.2) is 23.0 Å². The van der Waals surface area contributed by atoms with E-state index in [0.717, 1.165) is 6.92 Å². The van der Waals surface area contributed by atoms with Gasteiger partial charge in [0.25, 0.3) is 0 Å². The van der Waals surface area contributed by atoms with E-state index in [-0.39, 0.29) is 0 Å². The maximum atomic E-state index is 11.2. The molecule has 0 fully saturated rings. The first-order valence-corrected chi connectivity index (χ1v) is 3.17. The third kappa shape index (κ3) is 2.98. The van der Waals surface area contributed by atoms with E-state index in [1.54, 1.807) is 0 Å². The zero-order valence-electron chi connectivity index (χ0n) is 3.79. The van der Waals surface area contributed by atoms with Crippen molar-refractivity contribution in [2.45, 2.75) is 17.8 Å². The van der Waals surface area contributed by atoms with Crippen molar-refractivity contribution >= 4 is 16.9 Å². The van der Waals surface area contributed by atoms with Crippen LogP contribution in [0.25, 0.3) is 0 Å². The SMILES string of the molecule is C[C@H]([AsH2])C(F)(F)F. The predicted octanol–water partition coefficient (Wildman–Crippen LogP) is 0.990. The van der Waals surface area contributed by atoms with Crippen molar-refractivity contribution in [3.63, 3.8) is 0 Å². The molecule has 0 nitrogen and oxygen atoms in total. The second-order valence-corrected chi connectivity index (χ2v) is 3.43. The van der Waals surface area contributed by atoms with Crippen LogP contribution in [0, 0.1) is 0 Å². The maximum absolute atomic E-state index is 11.2. The fourth-order valence-electron chi connectivity index (χ4n) is 0. The van der Waals surface area contributed by atoms with Gasteiger partial charge in [-0.15, -0.1) is 0 Å². The zero-order chi connectivity index (χ0) is 6.08. The molecule has 0 amide bonds. The average molecular weight is 174 g/mol. The van der Waals surface area contributed by atoms with Crippen LogP contribution in [0.15, 0.2) is 0 Å². The monoisotopic (exact) mass is 174 g/mol. The minimum atomic E-state index is -3.97. The van der Waals surface area contributed by atoms with Crippen molar-refractivity contribution < 1.29 is 13.2 Å². The Morgan fingerprint density at radius 1 is 1.43 bits per heavy atom. The van der Waals surface area contributed by atoms with Crippen molar-refractivity contribution in [2.75, 3.05) is 0 Å². The molecule has 0 aromatic heterocycles. The fraction of sp³-hybridized carbons (Fsp3) is 1.00. The number of hydrogen-bond acceptors (Lipinski definition) is 0. The number of rotatable bonds is 0. The van der Waals surface area contributed by atoms with Crippen LogP contribution in [0.4, 0.5) is 13.2 Å². The normalized spacial score (nSPS) is 16.7. The summed E-state index contributed by atoms with van der Waals surface area (Å²) < 4.78 is 32.4. The van der Waals surface area contributed by atoms with Gasteiger partial charge in [-0.05, 0) is 0 Å². The molecule has 2 atom stereocenters. The summed E-state index contributed by atoms with van der Waals surface area (Å²) in [4.78, 5) is 0. The molecular weight excluding hydrogens is 168 g/mol. The average Bonchev–Trinajstić information content (AvgIpc) is 1.31. The van der Waals surface area contributed by atoms with E-state index in [2.05, 4.69) is 0 Å². The molecule has 0 saturated carbocycles. The Morgan fingerprint density at radius 3 is 1.57 bits per heavy atom. The van der Waals surface area contributed by atoms with Gasteiger partial charge in [-0.3, -0.25) is 0 Å². The molecule has 0 aromatic carbocycles. The quantitative estimate of drug-likeness (QED) is 0.480. The number of alkyl halides is 3. The minimum absolute atomic E-state index is 0.710. The topological polar surface area (TPSA) is 0 Å². The van der Waals surface area contributed by atoms with E-state index < -0.39 is 10.9 Å². The van der Waals surface area contributed by atoms with Gasteiger partial charge in [-0.25, -0.2) is 0 Å². The molecule has 7 heavy (non-hydrogen) atoms. The number of halogens is 3. The standard InChI is InChI=1S/C3H6AsF3/c1-2(4)3(5,6)7/h2H,4H2,1H3/t2-/m0/s1. The molecule has 0 rings (SSSR count). The summed E-state index contributed by atoms with van der Waals surface area (Å²) in [5.74, 6) is 0. The molecule has 0 aliphatic carbocycles. The first-order chi connectivity index (χ1) is 2.94. The van der Waals surface area contributed by atoms with Gasteiger partial charge < -0.3 is 0 Å². The van der Waals surface area contributed by atoms with E-state index in [1.165, 1.54) is 0 Å². The van der Waals surface area contributed by atoms with Gasteiger partial charge in [0.2, 0.25) is 0 Å². The Morgan fingerprint density at radius 2 is 1.57 bits per heavy atom. The van der Waals surface area contributed by atoms with Crippen LogP contribution < -0.4 is 0 Å². The van der Waals surface area contributed by atoms with Gasteiger partial charge in [-0.2, -0.15) is 0 Å². The molecule has 0 radical (unpaired) electrons. The van der Waals surface area contributed by atoms with Gasteiger partial charge >= 0.3 is 47.8 Å². The Bertz CT molecular complexity index is 55.7. The molecule has 44 valence electrons. The molecular formula is C3H6AsF3. The zero-order valence-corrected chi connectivity index (χ0v) is 6.21. The summed E-state index contributed by atoms with van der Waals surface area (Å²) in [6, 6.07) is 0. The van der Waals surface area contributed by atoms with Crippen molar-refractivity contribution in [2.24, 2.45) is 0 Å². The van der Waals surface area contributed by atoms with E-state index in [4.69, 9.17) is 0 Å². The van der Waals surface area contributed by atoms with Gasteiger partial charge in [0.05, 0.1) is 0 Å². The van der Waals surface area contributed by atoms with Crippen LogP contribution in [0.3, 0.4) is 0 Å². The van der Waals surface area contributed by atoms with Gasteiger partial charge in [0.15, 0.2) is 0 Å². The van der Waals surface area contributed by atoms with E-state index in [0.29, 0.717) is 16.9 Å². The third-order valence-electron chi connectivity index (χ3n) is 0.516. The molecule has 0 aliphatic heterocycles. The fourth-order valence-corrected chi connectivity index (χ4v) is 0. The van der Waals surface area contributed by atoms with Crippen molar-refractivity contribution in [1.82, 2.24) is 0 Å². The van der Waals surface area contributed by atoms with Crippen molar-refractivity contribution in [1.29, 1.82) is 0 Å². The predicted molar refractivity (Wildman–Crippen MR) is 24.0 cm³/mol. The summed E-state index contributed by atoms with van der Waals surface area (Å²) in [6.07, 6.45) is -3.97. The van der Waals surface area contributed by atoms with Crippen LogP contribution in [0.1, 0.15) is 6.92 Å². The molecule has 0 spiro atoms.